The molecule has 0 aliphatic carbocycles. The Kier molecular flexibility index (Phi) is 7.12. The molecule has 22 heavy (non-hydrogen) atoms. The molecule has 1 aromatic carbocycles. The largest absolute Gasteiger partial charge is 0.481 e. The lowest BCUT2D eigenvalue weighted by Crippen LogP contribution is -2.04. The Bertz CT molecular complexity index is 603. The Morgan fingerprint density at radius 1 is 1.14 bits per heavy atom. The summed E-state index contributed by atoms with van der Waals surface area (Å²) >= 11 is 0. The topological polar surface area (TPSA) is 116 Å². The first kappa shape index (κ1) is 17.7. The molecule has 1 atom stereocenters. The van der Waals surface area contributed by atoms with Gasteiger partial charge in [0.1, 0.15) is 0 Å². The number of aromatic amines is 1. The summed E-state index contributed by atoms with van der Waals surface area (Å²) in [5.74, 6) is -1.74. The van der Waals surface area contributed by atoms with E-state index < -0.39 is 11.9 Å². The maximum Gasteiger partial charge on any atom is 0.303 e. The second-order valence-electron chi connectivity index (χ2n) is 5.11. The number of carbonyl (C=O) groups is 2. The number of unbranched alkanes of at least 4 members (excludes halogenated alkanes) is 1. The van der Waals surface area contributed by atoms with Gasteiger partial charge in [0, 0.05) is 30.6 Å². The van der Waals surface area contributed by atoms with Crippen molar-refractivity contribution in [2.24, 2.45) is 5.73 Å². The van der Waals surface area contributed by atoms with E-state index in [9.17, 15) is 9.59 Å². The van der Waals surface area contributed by atoms with Gasteiger partial charge in [-0.2, -0.15) is 0 Å². The van der Waals surface area contributed by atoms with Crippen molar-refractivity contribution in [1.29, 1.82) is 0 Å². The van der Waals surface area contributed by atoms with E-state index in [0.717, 1.165) is 0 Å². The third kappa shape index (κ3) is 6.41. The van der Waals surface area contributed by atoms with Gasteiger partial charge in [-0.05, 0) is 48.9 Å². The van der Waals surface area contributed by atoms with E-state index in [2.05, 4.69) is 29.2 Å². The number of nitrogens with one attached hydrogen (secondary N) is 1. The van der Waals surface area contributed by atoms with Crippen LogP contribution < -0.4 is 5.73 Å². The molecule has 6 nitrogen and oxygen atoms in total. The van der Waals surface area contributed by atoms with Crippen LogP contribution >= 0.6 is 0 Å². The second-order valence-corrected chi connectivity index (χ2v) is 5.11. The quantitative estimate of drug-likeness (QED) is 0.612. The van der Waals surface area contributed by atoms with Crippen molar-refractivity contribution in [2.45, 2.75) is 38.6 Å². The number of hydrogen-bond donors (Lipinski definition) is 4. The number of H-pyrrole nitrogens is 1. The van der Waals surface area contributed by atoms with E-state index in [0.29, 0.717) is 12.8 Å². The van der Waals surface area contributed by atoms with E-state index in [1.807, 2.05) is 13.1 Å². The van der Waals surface area contributed by atoms with Gasteiger partial charge in [-0.3, -0.25) is 9.59 Å². The summed E-state index contributed by atoms with van der Waals surface area (Å²) in [7, 11) is 0. The lowest BCUT2D eigenvalue weighted by Gasteiger charge is -2.04. The number of aliphatic carboxylic acids is 2. The van der Waals surface area contributed by atoms with Crippen molar-refractivity contribution in [3.8, 4) is 0 Å². The molecule has 0 saturated carbocycles. The molecule has 0 amide bonds. The van der Waals surface area contributed by atoms with Gasteiger partial charge in [-0.25, -0.2) is 0 Å². The lowest BCUT2D eigenvalue weighted by atomic mass is 10.1. The Balaban J connectivity index is 0.000000225. The Hall–Kier alpha value is -2.34. The monoisotopic (exact) mass is 306 g/mol. The molecule has 0 bridgehead atoms. The molecule has 0 radical (unpaired) electrons. The summed E-state index contributed by atoms with van der Waals surface area (Å²) in [6.45, 7) is 1.99. The van der Waals surface area contributed by atoms with Crippen molar-refractivity contribution < 1.29 is 19.8 Å². The normalized spacial score (nSPS) is 11.5. The smallest absolute Gasteiger partial charge is 0.303 e. The van der Waals surface area contributed by atoms with Crippen LogP contribution in [0, 0.1) is 0 Å². The first-order valence-corrected chi connectivity index (χ1v) is 7.16. The summed E-state index contributed by atoms with van der Waals surface area (Å²) in [6, 6.07) is 8.42. The Morgan fingerprint density at radius 2 is 1.73 bits per heavy atom. The van der Waals surface area contributed by atoms with E-state index >= 15 is 0 Å². The van der Waals surface area contributed by atoms with Gasteiger partial charge in [0.15, 0.2) is 0 Å². The molecule has 0 aliphatic rings. The summed E-state index contributed by atoms with van der Waals surface area (Å²) in [5.41, 5.74) is 8.11. The highest BCUT2D eigenvalue weighted by Gasteiger charge is 2.00. The lowest BCUT2D eigenvalue weighted by molar-refractivity contribution is -0.139. The zero-order valence-electron chi connectivity index (χ0n) is 12.6. The Morgan fingerprint density at radius 3 is 2.23 bits per heavy atom. The minimum Gasteiger partial charge on any atom is -0.481 e. The third-order valence-corrected chi connectivity index (χ3v) is 3.13. The van der Waals surface area contributed by atoms with Gasteiger partial charge < -0.3 is 20.9 Å². The molecular weight excluding hydrogens is 284 g/mol. The number of carboxylic acids is 2. The van der Waals surface area contributed by atoms with Crippen LogP contribution in [0.5, 0.6) is 0 Å². The molecule has 120 valence electrons. The van der Waals surface area contributed by atoms with Crippen molar-refractivity contribution >= 4 is 22.8 Å². The predicted octanol–water partition coefficient (Wildman–Crippen LogP) is 2.90. The highest BCUT2D eigenvalue weighted by molar-refractivity contribution is 5.80. The summed E-state index contributed by atoms with van der Waals surface area (Å²) in [5, 5.41) is 17.5. The van der Waals surface area contributed by atoms with E-state index in [1.165, 1.54) is 16.5 Å². The zero-order chi connectivity index (χ0) is 16.5. The fraction of sp³-hybridized carbons (Fsp3) is 0.375. The van der Waals surface area contributed by atoms with E-state index in [4.69, 9.17) is 15.9 Å². The van der Waals surface area contributed by atoms with Crippen LogP contribution in [-0.2, 0) is 9.59 Å². The van der Waals surface area contributed by atoms with Crippen molar-refractivity contribution in [3.63, 3.8) is 0 Å². The standard InChI is InChI=1S/C10H12N2.C6H10O4/c1-7(11)8-2-3-10-9(6-8)4-5-12-10;7-5(8)3-1-2-4-6(9)10/h2-7,12H,11H2,1H3;1-4H2,(H,7,8)(H,9,10). The molecule has 0 aliphatic heterocycles. The number of aromatic nitrogens is 1. The molecule has 0 spiro atoms. The Labute approximate surface area is 128 Å². The SMILES string of the molecule is CC(N)c1ccc2[nH]ccc2c1.O=C(O)CCCCC(=O)O. The summed E-state index contributed by atoms with van der Waals surface area (Å²) in [6.07, 6.45) is 2.96. The van der Waals surface area contributed by atoms with Crippen LogP contribution in [0.15, 0.2) is 30.5 Å². The average Bonchev–Trinajstić information content (AvgIpc) is 2.91. The average molecular weight is 306 g/mol. The summed E-state index contributed by atoms with van der Waals surface area (Å²) < 4.78 is 0. The van der Waals surface area contributed by atoms with Crippen LogP contribution in [0.3, 0.4) is 0 Å². The molecule has 2 aromatic rings. The van der Waals surface area contributed by atoms with Crippen LogP contribution in [0.1, 0.15) is 44.2 Å². The van der Waals surface area contributed by atoms with Gasteiger partial charge in [0.25, 0.3) is 0 Å². The molecular formula is C16H22N2O4. The fourth-order valence-electron chi connectivity index (χ4n) is 1.91. The molecule has 1 aromatic heterocycles. The fourth-order valence-corrected chi connectivity index (χ4v) is 1.91. The van der Waals surface area contributed by atoms with Crippen LogP contribution in [0.4, 0.5) is 0 Å². The first-order valence-electron chi connectivity index (χ1n) is 7.16. The van der Waals surface area contributed by atoms with Gasteiger partial charge in [0.05, 0.1) is 0 Å². The molecule has 1 unspecified atom stereocenters. The predicted molar refractivity (Wildman–Crippen MR) is 84.6 cm³/mol. The number of carboxylic acid groups (broad SMARTS) is 2. The maximum absolute atomic E-state index is 9.90. The molecule has 0 saturated heterocycles. The van der Waals surface area contributed by atoms with E-state index in [1.54, 1.807) is 0 Å². The number of fused-ring (bicyclic) bond motifs is 1. The highest BCUT2D eigenvalue weighted by atomic mass is 16.4. The number of rotatable bonds is 6. The summed E-state index contributed by atoms with van der Waals surface area (Å²) in [4.78, 5) is 22.9. The van der Waals surface area contributed by atoms with Crippen molar-refractivity contribution in [3.05, 3.63) is 36.0 Å². The van der Waals surface area contributed by atoms with Crippen LogP contribution in [0.2, 0.25) is 0 Å². The van der Waals surface area contributed by atoms with Gasteiger partial charge in [0.2, 0.25) is 0 Å². The minimum atomic E-state index is -0.870. The van der Waals surface area contributed by atoms with Crippen LogP contribution in [0.25, 0.3) is 10.9 Å². The van der Waals surface area contributed by atoms with Crippen molar-refractivity contribution in [1.82, 2.24) is 4.98 Å². The molecule has 5 N–H and O–H groups in total. The first-order chi connectivity index (χ1) is 10.4. The van der Waals surface area contributed by atoms with Crippen molar-refractivity contribution in [2.75, 3.05) is 0 Å². The molecule has 2 rings (SSSR count). The molecule has 6 heteroatoms. The maximum atomic E-state index is 9.90. The molecule has 0 fully saturated rings. The van der Waals surface area contributed by atoms with Crippen LogP contribution in [-0.4, -0.2) is 27.1 Å². The van der Waals surface area contributed by atoms with E-state index in [-0.39, 0.29) is 18.9 Å². The third-order valence-electron chi connectivity index (χ3n) is 3.13. The van der Waals surface area contributed by atoms with Gasteiger partial charge in [-0.1, -0.05) is 6.07 Å². The molecule has 1 heterocycles. The van der Waals surface area contributed by atoms with Gasteiger partial charge in [-0.15, -0.1) is 0 Å². The zero-order valence-corrected chi connectivity index (χ0v) is 12.6. The van der Waals surface area contributed by atoms with Gasteiger partial charge >= 0.3 is 11.9 Å². The number of benzene rings is 1. The number of nitrogens with two attached hydrogens (primary N) is 1. The minimum absolute atomic E-state index is 0.0628. The number of hydrogen-bond acceptors (Lipinski definition) is 3. The highest BCUT2D eigenvalue weighted by Crippen LogP contribution is 2.17. The second kappa shape index (κ2) is 8.84.